The molecule has 1 saturated carbocycles. The van der Waals surface area contributed by atoms with Gasteiger partial charge in [0.15, 0.2) is 5.78 Å². The molecule has 1 heteroatoms. The molecule has 0 N–H and O–H groups in total. The molecule has 1 fully saturated rings. The highest BCUT2D eigenvalue weighted by atomic mass is 16.1. The molecule has 0 saturated heterocycles. The van der Waals surface area contributed by atoms with E-state index in [1.807, 2.05) is 54.6 Å². The van der Waals surface area contributed by atoms with E-state index in [-0.39, 0.29) is 11.7 Å². The normalized spacial score (nSPS) is 18.9. The minimum atomic E-state index is -0.524. The van der Waals surface area contributed by atoms with Gasteiger partial charge in [0.05, 0.1) is 11.3 Å². The lowest BCUT2D eigenvalue weighted by molar-refractivity contribution is -0.111. The lowest BCUT2D eigenvalue weighted by Crippen LogP contribution is -2.13. The highest BCUT2D eigenvalue weighted by molar-refractivity contribution is 6.17. The second-order valence-corrected chi connectivity index (χ2v) is 5.75. The maximum atomic E-state index is 12.9. The quantitative estimate of drug-likeness (QED) is 0.699. The van der Waals surface area contributed by atoms with E-state index in [2.05, 4.69) is 36.4 Å². The third-order valence-electron chi connectivity index (χ3n) is 4.59. The average Bonchev–Trinajstić information content (AvgIpc) is 3.24. The monoisotopic (exact) mass is 284 g/mol. The van der Waals surface area contributed by atoms with Gasteiger partial charge in [-0.2, -0.15) is 0 Å². The minimum Gasteiger partial charge on any atom is -0.298 e. The second kappa shape index (κ2) is 4.96. The second-order valence-electron chi connectivity index (χ2n) is 5.75. The maximum Gasteiger partial charge on any atom is 0.158 e. The van der Waals surface area contributed by atoms with Crippen molar-refractivity contribution in [3.05, 3.63) is 108 Å². The van der Waals surface area contributed by atoms with Crippen molar-refractivity contribution in [2.75, 3.05) is 0 Å². The van der Waals surface area contributed by atoms with E-state index in [0.717, 1.165) is 16.7 Å². The van der Waals surface area contributed by atoms with Crippen molar-refractivity contribution in [1.82, 2.24) is 0 Å². The lowest BCUT2D eigenvalue weighted by Gasteiger charge is -2.16. The summed E-state index contributed by atoms with van der Waals surface area (Å²) < 4.78 is 0. The number of carbonyl (C=O) groups is 1. The summed E-state index contributed by atoms with van der Waals surface area (Å²) in [6.45, 7) is 0. The van der Waals surface area contributed by atoms with Gasteiger partial charge >= 0.3 is 0 Å². The minimum absolute atomic E-state index is 0.0847. The summed E-state index contributed by atoms with van der Waals surface area (Å²) >= 11 is 0. The van der Waals surface area contributed by atoms with E-state index in [1.54, 1.807) is 0 Å². The molecule has 0 radical (unpaired) electrons. The van der Waals surface area contributed by atoms with Crippen molar-refractivity contribution < 1.29 is 4.79 Å². The Bertz CT molecular complexity index is 752. The van der Waals surface area contributed by atoms with E-state index in [0.29, 0.717) is 0 Å². The molecule has 106 valence electrons. The third-order valence-corrected chi connectivity index (χ3v) is 4.59. The first-order chi connectivity index (χ1) is 10.8. The van der Waals surface area contributed by atoms with Crippen LogP contribution in [0, 0.1) is 0 Å². The number of benzene rings is 3. The molecular formula is C21H16O. The summed E-state index contributed by atoms with van der Waals surface area (Å²) in [6.07, 6.45) is 0. The van der Waals surface area contributed by atoms with Gasteiger partial charge < -0.3 is 0 Å². The predicted molar refractivity (Wildman–Crippen MR) is 87.9 cm³/mol. The topological polar surface area (TPSA) is 17.1 Å². The SMILES string of the molecule is O=C1C(c2ccccc2)C1(c1ccccc1)c1ccccc1. The van der Waals surface area contributed by atoms with Crippen molar-refractivity contribution in [2.24, 2.45) is 0 Å². The first kappa shape index (κ1) is 13.0. The van der Waals surface area contributed by atoms with Crippen LogP contribution in [-0.2, 0) is 10.2 Å². The van der Waals surface area contributed by atoms with Gasteiger partial charge in [-0.15, -0.1) is 0 Å². The van der Waals surface area contributed by atoms with Crippen LogP contribution in [0.5, 0.6) is 0 Å². The molecule has 1 atom stereocenters. The van der Waals surface area contributed by atoms with Gasteiger partial charge in [0.2, 0.25) is 0 Å². The molecule has 1 nitrogen and oxygen atoms in total. The molecule has 0 aromatic heterocycles. The fourth-order valence-electron chi connectivity index (χ4n) is 3.54. The van der Waals surface area contributed by atoms with Gasteiger partial charge in [0.1, 0.15) is 0 Å². The first-order valence-electron chi connectivity index (χ1n) is 7.55. The van der Waals surface area contributed by atoms with E-state index < -0.39 is 5.41 Å². The van der Waals surface area contributed by atoms with Crippen molar-refractivity contribution >= 4 is 5.78 Å². The van der Waals surface area contributed by atoms with Crippen LogP contribution in [0.4, 0.5) is 0 Å². The highest BCUT2D eigenvalue weighted by Crippen LogP contribution is 2.60. The zero-order valence-corrected chi connectivity index (χ0v) is 12.1. The van der Waals surface area contributed by atoms with Crippen LogP contribution < -0.4 is 0 Å². The van der Waals surface area contributed by atoms with Gasteiger partial charge in [-0.3, -0.25) is 4.79 Å². The van der Waals surface area contributed by atoms with Crippen LogP contribution in [0.15, 0.2) is 91.0 Å². The zero-order valence-electron chi connectivity index (χ0n) is 12.1. The Balaban J connectivity index is 1.91. The van der Waals surface area contributed by atoms with Gasteiger partial charge in [-0.05, 0) is 16.7 Å². The standard InChI is InChI=1S/C21H16O/c22-20-19(16-10-4-1-5-11-16)21(20,17-12-6-2-7-13-17)18-14-8-3-9-15-18/h1-15,19H. The van der Waals surface area contributed by atoms with Crippen LogP contribution in [0.2, 0.25) is 0 Å². The van der Waals surface area contributed by atoms with Crippen LogP contribution in [0.1, 0.15) is 22.6 Å². The Hall–Kier alpha value is -2.67. The molecule has 1 aliphatic carbocycles. The Morgan fingerprint density at radius 2 is 1.00 bits per heavy atom. The smallest absolute Gasteiger partial charge is 0.158 e. The van der Waals surface area contributed by atoms with Crippen LogP contribution in [0.3, 0.4) is 0 Å². The zero-order chi connectivity index (χ0) is 15.0. The Labute approximate surface area is 130 Å². The molecule has 0 aliphatic heterocycles. The summed E-state index contributed by atoms with van der Waals surface area (Å²) in [5.74, 6) is 0.203. The van der Waals surface area contributed by atoms with Crippen molar-refractivity contribution in [3.8, 4) is 0 Å². The molecule has 4 rings (SSSR count). The Morgan fingerprint density at radius 1 is 0.591 bits per heavy atom. The number of hydrogen-bond donors (Lipinski definition) is 0. The van der Waals surface area contributed by atoms with Crippen LogP contribution >= 0.6 is 0 Å². The lowest BCUT2D eigenvalue weighted by atomic mass is 9.84. The van der Waals surface area contributed by atoms with Gasteiger partial charge in [0.25, 0.3) is 0 Å². The number of Topliss-reactive ketones (excluding diaryl/α,β-unsaturated/α-hetero) is 1. The Morgan fingerprint density at radius 3 is 1.45 bits per heavy atom. The third kappa shape index (κ3) is 1.75. The van der Waals surface area contributed by atoms with Crippen LogP contribution in [0.25, 0.3) is 0 Å². The van der Waals surface area contributed by atoms with Crippen LogP contribution in [-0.4, -0.2) is 5.78 Å². The molecule has 0 heterocycles. The molecule has 22 heavy (non-hydrogen) atoms. The number of ketones is 1. The maximum absolute atomic E-state index is 12.9. The van der Waals surface area contributed by atoms with Crippen molar-refractivity contribution in [2.45, 2.75) is 11.3 Å². The van der Waals surface area contributed by atoms with Gasteiger partial charge in [0, 0.05) is 0 Å². The number of hydrogen-bond acceptors (Lipinski definition) is 1. The summed E-state index contributed by atoms with van der Waals surface area (Å²) in [5, 5.41) is 0. The summed E-state index contributed by atoms with van der Waals surface area (Å²) in [5.41, 5.74) is 2.74. The summed E-state index contributed by atoms with van der Waals surface area (Å²) in [6, 6.07) is 30.4. The van der Waals surface area contributed by atoms with E-state index in [1.165, 1.54) is 0 Å². The van der Waals surface area contributed by atoms with Crippen molar-refractivity contribution in [1.29, 1.82) is 0 Å². The van der Waals surface area contributed by atoms with E-state index >= 15 is 0 Å². The number of carbonyl (C=O) groups excluding carboxylic acids is 1. The fourth-order valence-corrected chi connectivity index (χ4v) is 3.54. The molecule has 0 amide bonds. The average molecular weight is 284 g/mol. The molecule has 0 spiro atoms. The predicted octanol–water partition coefficient (Wildman–Crippen LogP) is 4.34. The molecule has 3 aromatic rings. The Kier molecular flexibility index (Phi) is 2.93. The highest BCUT2D eigenvalue weighted by Gasteiger charge is 2.67. The van der Waals surface area contributed by atoms with Crippen molar-refractivity contribution in [3.63, 3.8) is 0 Å². The molecule has 1 aliphatic rings. The largest absolute Gasteiger partial charge is 0.298 e. The summed E-state index contributed by atoms with van der Waals surface area (Å²) in [7, 11) is 0. The summed E-state index contributed by atoms with van der Waals surface area (Å²) in [4.78, 5) is 12.9. The van der Waals surface area contributed by atoms with E-state index in [4.69, 9.17) is 0 Å². The number of rotatable bonds is 3. The molecule has 3 aromatic carbocycles. The van der Waals surface area contributed by atoms with Gasteiger partial charge in [-0.1, -0.05) is 91.0 Å². The molecular weight excluding hydrogens is 268 g/mol. The van der Waals surface area contributed by atoms with Gasteiger partial charge in [-0.25, -0.2) is 0 Å². The fraction of sp³-hybridized carbons (Fsp3) is 0.0952. The molecule has 0 bridgehead atoms. The van der Waals surface area contributed by atoms with E-state index in [9.17, 15) is 4.79 Å². The molecule has 1 unspecified atom stereocenters. The first-order valence-corrected chi connectivity index (χ1v) is 7.55.